The number of carbonyl (C=O) groups is 1. The number of rotatable bonds is 7. The molecule has 1 aliphatic rings. The van der Waals surface area contributed by atoms with Gasteiger partial charge < -0.3 is 5.32 Å². The fraction of sp³-hybridized carbons (Fsp3) is 0.476. The Hall–Kier alpha value is -1.70. The van der Waals surface area contributed by atoms with Crippen LogP contribution in [0.25, 0.3) is 0 Å². The molecule has 1 saturated heterocycles. The second-order valence-electron chi connectivity index (χ2n) is 7.38. The third-order valence-electron chi connectivity index (χ3n) is 5.23. The number of sulfonamides is 1. The highest BCUT2D eigenvalue weighted by atomic mass is 32.2. The Morgan fingerprint density at radius 2 is 1.96 bits per heavy atom. The minimum Gasteiger partial charge on any atom is -0.326 e. The molecule has 3 rings (SSSR count). The van der Waals surface area contributed by atoms with E-state index >= 15 is 0 Å². The van der Waals surface area contributed by atoms with Crippen LogP contribution in [0.1, 0.15) is 43.0 Å². The Morgan fingerprint density at radius 3 is 2.61 bits per heavy atom. The number of nitrogens with zero attached hydrogens (tertiary/aromatic N) is 1. The number of aryl methyl sites for hydroxylation is 2. The lowest BCUT2D eigenvalue weighted by molar-refractivity contribution is -0.116. The predicted octanol–water partition coefficient (Wildman–Crippen LogP) is 4.44. The highest BCUT2D eigenvalue weighted by molar-refractivity contribution is 7.91. The average Bonchev–Trinajstić information content (AvgIpc) is 3.17. The smallest absolute Gasteiger partial charge is 0.252 e. The molecule has 2 heterocycles. The number of piperidine rings is 1. The number of carbonyl (C=O) groups excluding carboxylic acids is 1. The van der Waals surface area contributed by atoms with E-state index in [2.05, 4.69) is 5.32 Å². The van der Waals surface area contributed by atoms with E-state index in [0.29, 0.717) is 29.6 Å². The van der Waals surface area contributed by atoms with E-state index in [1.54, 1.807) is 10.4 Å². The van der Waals surface area contributed by atoms with Crippen molar-refractivity contribution in [3.63, 3.8) is 0 Å². The van der Waals surface area contributed by atoms with Crippen LogP contribution in [0.3, 0.4) is 0 Å². The van der Waals surface area contributed by atoms with Crippen LogP contribution in [-0.2, 0) is 21.2 Å². The Bertz CT molecular complexity index is 913. The molecule has 1 fully saturated rings. The van der Waals surface area contributed by atoms with Gasteiger partial charge in [-0.3, -0.25) is 4.79 Å². The zero-order chi connectivity index (χ0) is 20.1. The molecular weight excluding hydrogens is 392 g/mol. The van der Waals surface area contributed by atoms with E-state index in [1.165, 1.54) is 11.3 Å². The Kier molecular flexibility index (Phi) is 6.91. The largest absolute Gasteiger partial charge is 0.326 e. The van der Waals surface area contributed by atoms with Crippen molar-refractivity contribution in [2.24, 2.45) is 5.92 Å². The van der Waals surface area contributed by atoms with Crippen LogP contribution in [0, 0.1) is 12.8 Å². The molecule has 2 aromatic rings. The summed E-state index contributed by atoms with van der Waals surface area (Å²) >= 11 is 1.37. The summed E-state index contributed by atoms with van der Waals surface area (Å²) < 4.78 is 27.6. The third kappa shape index (κ3) is 5.21. The topological polar surface area (TPSA) is 66.5 Å². The van der Waals surface area contributed by atoms with E-state index in [-0.39, 0.29) is 5.91 Å². The van der Waals surface area contributed by atoms with Gasteiger partial charge in [0.25, 0.3) is 10.0 Å². The van der Waals surface area contributed by atoms with Crippen molar-refractivity contribution in [1.82, 2.24) is 4.31 Å². The summed E-state index contributed by atoms with van der Waals surface area (Å²) in [6.45, 7) is 5.09. The van der Waals surface area contributed by atoms with Gasteiger partial charge in [0.1, 0.15) is 4.21 Å². The molecule has 1 N–H and O–H groups in total. The van der Waals surface area contributed by atoms with Gasteiger partial charge in [-0.15, -0.1) is 11.3 Å². The van der Waals surface area contributed by atoms with Crippen molar-refractivity contribution in [1.29, 1.82) is 0 Å². The number of hydrogen-bond donors (Lipinski definition) is 1. The van der Waals surface area contributed by atoms with Crippen LogP contribution >= 0.6 is 11.3 Å². The summed E-state index contributed by atoms with van der Waals surface area (Å²) in [4.78, 5) is 13.3. The van der Waals surface area contributed by atoms with Gasteiger partial charge >= 0.3 is 0 Å². The number of nitrogens with one attached hydrogen (secondary N) is 1. The second kappa shape index (κ2) is 9.20. The van der Waals surface area contributed by atoms with Gasteiger partial charge in [0.05, 0.1) is 0 Å². The Labute approximate surface area is 171 Å². The molecular formula is C21H28N2O3S2. The Balaban J connectivity index is 1.46. The number of amides is 1. The number of thiophene rings is 1. The fourth-order valence-corrected chi connectivity index (χ4v) is 6.45. The number of benzene rings is 1. The van der Waals surface area contributed by atoms with Gasteiger partial charge in [-0.2, -0.15) is 4.31 Å². The molecule has 5 nitrogen and oxygen atoms in total. The maximum atomic E-state index is 12.8. The lowest BCUT2D eigenvalue weighted by atomic mass is 9.93. The van der Waals surface area contributed by atoms with Gasteiger partial charge in [0.15, 0.2) is 0 Å². The van der Waals surface area contributed by atoms with Crippen LogP contribution < -0.4 is 5.32 Å². The van der Waals surface area contributed by atoms with Crippen molar-refractivity contribution in [3.05, 3.63) is 46.8 Å². The molecule has 1 aliphatic heterocycles. The minimum absolute atomic E-state index is 0.0198. The van der Waals surface area contributed by atoms with Gasteiger partial charge in [0, 0.05) is 30.1 Å². The molecule has 1 aromatic heterocycles. The molecule has 0 atom stereocenters. The standard InChI is InChI=1S/C21H28N2O3S2/c1-3-19-8-10-21(27-19)28(25,26)23-13-11-17(12-14-23)7-9-20(24)22-18-6-4-5-16(2)15-18/h4-6,8,10,15,17H,3,7,9,11-14H2,1-2H3,(H,22,24). The summed E-state index contributed by atoms with van der Waals surface area (Å²) in [5, 5.41) is 2.94. The van der Waals surface area contributed by atoms with Gasteiger partial charge in [-0.05, 0) is 68.4 Å². The first kappa shape index (κ1) is 21.0. The zero-order valence-electron chi connectivity index (χ0n) is 16.5. The summed E-state index contributed by atoms with van der Waals surface area (Å²) in [6.07, 6.45) is 3.74. The maximum absolute atomic E-state index is 12.8. The molecule has 0 saturated carbocycles. The molecule has 1 amide bonds. The molecule has 0 bridgehead atoms. The first-order chi connectivity index (χ1) is 13.4. The third-order valence-corrected chi connectivity index (χ3v) is 8.83. The van der Waals surface area contributed by atoms with Crippen LogP contribution in [0.2, 0.25) is 0 Å². The second-order valence-corrected chi connectivity index (χ2v) is 10.7. The predicted molar refractivity (Wildman–Crippen MR) is 114 cm³/mol. The highest BCUT2D eigenvalue weighted by Gasteiger charge is 2.30. The summed E-state index contributed by atoms with van der Waals surface area (Å²) in [5.41, 5.74) is 1.94. The quantitative estimate of drug-likeness (QED) is 0.720. The van der Waals surface area contributed by atoms with E-state index in [9.17, 15) is 13.2 Å². The van der Waals surface area contributed by atoms with Crippen LogP contribution in [0.5, 0.6) is 0 Å². The van der Waals surface area contributed by atoms with E-state index in [1.807, 2.05) is 44.2 Å². The molecule has 0 radical (unpaired) electrons. The lowest BCUT2D eigenvalue weighted by Crippen LogP contribution is -2.38. The van der Waals surface area contributed by atoms with Crippen molar-refractivity contribution >= 4 is 33.0 Å². The molecule has 0 aliphatic carbocycles. The van der Waals surface area contributed by atoms with Gasteiger partial charge in [0.2, 0.25) is 5.91 Å². The average molecular weight is 421 g/mol. The molecule has 152 valence electrons. The van der Waals surface area contributed by atoms with E-state index in [0.717, 1.165) is 41.8 Å². The van der Waals surface area contributed by atoms with E-state index in [4.69, 9.17) is 0 Å². The summed E-state index contributed by atoms with van der Waals surface area (Å²) in [5.74, 6) is 0.413. The molecule has 0 spiro atoms. The first-order valence-electron chi connectivity index (χ1n) is 9.84. The molecule has 0 unspecified atom stereocenters. The van der Waals surface area contributed by atoms with Crippen LogP contribution in [0.4, 0.5) is 5.69 Å². The zero-order valence-corrected chi connectivity index (χ0v) is 18.1. The van der Waals surface area contributed by atoms with Crippen molar-refractivity contribution in [2.75, 3.05) is 18.4 Å². The summed E-state index contributed by atoms with van der Waals surface area (Å²) in [6, 6.07) is 11.4. The van der Waals surface area contributed by atoms with Gasteiger partial charge in [-0.1, -0.05) is 19.1 Å². The SMILES string of the molecule is CCc1ccc(S(=O)(=O)N2CCC(CCC(=O)Nc3cccc(C)c3)CC2)s1. The van der Waals surface area contributed by atoms with Gasteiger partial charge in [-0.25, -0.2) is 8.42 Å². The van der Waals surface area contributed by atoms with Crippen molar-refractivity contribution < 1.29 is 13.2 Å². The molecule has 1 aromatic carbocycles. The van der Waals surface area contributed by atoms with E-state index < -0.39 is 10.0 Å². The van der Waals surface area contributed by atoms with Crippen LogP contribution in [0.15, 0.2) is 40.6 Å². The number of anilines is 1. The highest BCUT2D eigenvalue weighted by Crippen LogP contribution is 2.30. The summed E-state index contributed by atoms with van der Waals surface area (Å²) in [7, 11) is -3.38. The molecule has 7 heteroatoms. The fourth-order valence-electron chi connectivity index (χ4n) is 3.53. The lowest BCUT2D eigenvalue weighted by Gasteiger charge is -2.30. The maximum Gasteiger partial charge on any atom is 0.252 e. The molecule has 28 heavy (non-hydrogen) atoms. The monoisotopic (exact) mass is 420 g/mol. The van der Waals surface area contributed by atoms with Crippen molar-refractivity contribution in [2.45, 2.75) is 50.2 Å². The first-order valence-corrected chi connectivity index (χ1v) is 12.1. The number of hydrogen-bond acceptors (Lipinski definition) is 4. The minimum atomic E-state index is -3.38. The normalized spacial score (nSPS) is 16.2. The van der Waals surface area contributed by atoms with Crippen molar-refractivity contribution in [3.8, 4) is 0 Å². The van der Waals surface area contributed by atoms with Crippen LogP contribution in [-0.4, -0.2) is 31.7 Å². The Morgan fingerprint density at radius 1 is 1.21 bits per heavy atom.